The Bertz CT molecular complexity index is 343. The van der Waals surface area contributed by atoms with Gasteiger partial charge in [-0.2, -0.15) is 0 Å². The highest BCUT2D eigenvalue weighted by atomic mass is 15.3. The molecule has 6 heteroatoms. The summed E-state index contributed by atoms with van der Waals surface area (Å²) in [5.41, 5.74) is 2.57. The van der Waals surface area contributed by atoms with E-state index in [1.54, 1.807) is 6.20 Å². The molecule has 1 aromatic rings. The molecule has 6 nitrogen and oxygen atoms in total. The maximum Gasteiger partial charge on any atom is 0.205 e. The Morgan fingerprint density at radius 2 is 2.41 bits per heavy atom. The molecule has 0 radical (unpaired) electrons. The predicted octanol–water partition coefficient (Wildman–Crippen LogP) is 0.172. The van der Waals surface area contributed by atoms with Gasteiger partial charge in [-0.1, -0.05) is 13.3 Å². The Labute approximate surface area is 102 Å². The van der Waals surface area contributed by atoms with Gasteiger partial charge in [0.25, 0.3) is 0 Å². The lowest BCUT2D eigenvalue weighted by Gasteiger charge is -2.08. The molecule has 1 rings (SSSR count). The van der Waals surface area contributed by atoms with Gasteiger partial charge in [-0.15, -0.1) is 0 Å². The number of hydrazine groups is 1. The summed E-state index contributed by atoms with van der Waals surface area (Å²) in [5, 5.41) is 3.15. The molecule has 0 unspecified atom stereocenters. The van der Waals surface area contributed by atoms with Crippen molar-refractivity contribution < 1.29 is 0 Å². The predicted molar refractivity (Wildman–Crippen MR) is 69.4 cm³/mol. The summed E-state index contributed by atoms with van der Waals surface area (Å²) < 4.78 is 2.01. The molecule has 4 N–H and O–H groups in total. The maximum absolute atomic E-state index is 5.38. The largest absolute Gasteiger partial charge is 0.355 e. The van der Waals surface area contributed by atoms with Crippen LogP contribution in [0.4, 0.5) is 0 Å². The minimum absolute atomic E-state index is 0.646. The summed E-state index contributed by atoms with van der Waals surface area (Å²) in [5.74, 6) is 7.07. The van der Waals surface area contributed by atoms with E-state index in [1.165, 1.54) is 0 Å². The molecule has 0 fully saturated rings. The summed E-state index contributed by atoms with van der Waals surface area (Å²) >= 11 is 0. The summed E-state index contributed by atoms with van der Waals surface area (Å²) in [7, 11) is 1.99. The molecule has 0 aliphatic rings. The number of guanidine groups is 1. The average Bonchev–Trinajstić information content (AvgIpc) is 2.73. The van der Waals surface area contributed by atoms with Crippen LogP contribution in [-0.4, -0.2) is 28.6 Å². The molecule has 1 aromatic heterocycles. The number of aryl methyl sites for hydroxylation is 1. The Morgan fingerprint density at radius 3 is 3.00 bits per heavy atom. The topological polar surface area (TPSA) is 80.3 Å². The number of aromatic nitrogens is 2. The highest BCUT2D eigenvalue weighted by Crippen LogP contribution is 1.94. The van der Waals surface area contributed by atoms with E-state index in [-0.39, 0.29) is 0 Å². The van der Waals surface area contributed by atoms with Gasteiger partial charge in [0.15, 0.2) is 0 Å². The van der Waals surface area contributed by atoms with Crippen molar-refractivity contribution in [3.8, 4) is 0 Å². The molecule has 0 spiro atoms. The van der Waals surface area contributed by atoms with Gasteiger partial charge in [-0.3, -0.25) is 10.4 Å². The first kappa shape index (κ1) is 13.5. The highest BCUT2D eigenvalue weighted by Gasteiger charge is 1.99. The first-order valence-electron chi connectivity index (χ1n) is 5.99. The van der Waals surface area contributed by atoms with Crippen LogP contribution in [0.5, 0.6) is 0 Å². The fraction of sp³-hybridized carbons (Fsp3) is 0.636. The van der Waals surface area contributed by atoms with Crippen LogP contribution >= 0.6 is 0 Å². The zero-order chi connectivity index (χ0) is 12.5. The van der Waals surface area contributed by atoms with Crippen LogP contribution in [0, 0.1) is 0 Å². The van der Waals surface area contributed by atoms with Crippen molar-refractivity contribution in [2.75, 3.05) is 13.1 Å². The quantitative estimate of drug-likeness (QED) is 0.217. The van der Waals surface area contributed by atoms with E-state index in [9.17, 15) is 0 Å². The summed E-state index contributed by atoms with van der Waals surface area (Å²) in [4.78, 5) is 8.56. The molecule has 1 heterocycles. The lowest BCUT2D eigenvalue weighted by molar-refractivity contribution is 0.728. The van der Waals surface area contributed by atoms with Crippen molar-refractivity contribution in [2.24, 2.45) is 17.9 Å². The number of nitrogens with one attached hydrogen (secondary N) is 2. The minimum Gasteiger partial charge on any atom is -0.355 e. The second-order valence-corrected chi connectivity index (χ2v) is 3.86. The first-order chi connectivity index (χ1) is 8.27. The third-order valence-corrected chi connectivity index (χ3v) is 2.48. The number of imidazole rings is 1. The average molecular weight is 238 g/mol. The van der Waals surface area contributed by atoms with Crippen molar-refractivity contribution in [2.45, 2.75) is 26.2 Å². The molecule has 0 saturated heterocycles. The van der Waals surface area contributed by atoms with Crippen LogP contribution in [0.25, 0.3) is 0 Å². The standard InChI is InChI=1S/C11H22N6/c1-3-4-6-14-11(16-12)15-7-5-10-13-8-9-17(10)2/h8-9H,3-7,12H2,1-2H3,(H2,14,15,16). The number of aliphatic imine (C=N–C) groups is 1. The summed E-state index contributed by atoms with van der Waals surface area (Å²) in [6, 6.07) is 0. The number of hydrogen-bond donors (Lipinski definition) is 3. The van der Waals surface area contributed by atoms with E-state index in [2.05, 4.69) is 27.6 Å². The second-order valence-electron chi connectivity index (χ2n) is 3.86. The zero-order valence-electron chi connectivity index (χ0n) is 10.6. The molecule has 96 valence electrons. The molecule has 0 atom stereocenters. The van der Waals surface area contributed by atoms with Gasteiger partial charge in [0.2, 0.25) is 5.96 Å². The van der Waals surface area contributed by atoms with E-state index in [4.69, 9.17) is 5.84 Å². The molecular formula is C11H22N6. The van der Waals surface area contributed by atoms with Gasteiger partial charge >= 0.3 is 0 Å². The second kappa shape index (κ2) is 7.67. The molecule has 17 heavy (non-hydrogen) atoms. The van der Waals surface area contributed by atoms with Crippen molar-refractivity contribution >= 4 is 5.96 Å². The van der Waals surface area contributed by atoms with Gasteiger partial charge in [0, 0.05) is 39.0 Å². The van der Waals surface area contributed by atoms with E-state index in [0.29, 0.717) is 5.96 Å². The maximum atomic E-state index is 5.38. The third kappa shape index (κ3) is 4.86. The fourth-order valence-corrected chi connectivity index (χ4v) is 1.43. The van der Waals surface area contributed by atoms with E-state index < -0.39 is 0 Å². The van der Waals surface area contributed by atoms with Gasteiger partial charge in [0.1, 0.15) is 5.82 Å². The number of rotatable bonds is 6. The van der Waals surface area contributed by atoms with Crippen LogP contribution in [0.1, 0.15) is 25.6 Å². The lowest BCUT2D eigenvalue weighted by atomic mass is 10.3. The van der Waals surface area contributed by atoms with Crippen molar-refractivity contribution in [1.29, 1.82) is 0 Å². The van der Waals surface area contributed by atoms with Crippen LogP contribution in [0.3, 0.4) is 0 Å². The van der Waals surface area contributed by atoms with Crippen molar-refractivity contribution in [3.05, 3.63) is 18.2 Å². The van der Waals surface area contributed by atoms with Gasteiger partial charge < -0.3 is 9.88 Å². The molecular weight excluding hydrogens is 216 g/mol. The monoisotopic (exact) mass is 238 g/mol. The fourth-order valence-electron chi connectivity index (χ4n) is 1.43. The van der Waals surface area contributed by atoms with E-state index in [0.717, 1.165) is 38.2 Å². The number of nitrogens with zero attached hydrogens (tertiary/aromatic N) is 3. The van der Waals surface area contributed by atoms with Crippen LogP contribution < -0.4 is 16.6 Å². The van der Waals surface area contributed by atoms with Crippen LogP contribution in [0.15, 0.2) is 17.4 Å². The Kier molecular flexibility index (Phi) is 6.09. The molecule has 0 aliphatic heterocycles. The molecule has 0 amide bonds. The minimum atomic E-state index is 0.646. The molecule has 0 aromatic carbocycles. The smallest absolute Gasteiger partial charge is 0.205 e. The lowest BCUT2D eigenvalue weighted by Crippen LogP contribution is -2.42. The van der Waals surface area contributed by atoms with Gasteiger partial charge in [0.05, 0.1) is 0 Å². The van der Waals surface area contributed by atoms with E-state index in [1.807, 2.05) is 17.8 Å². The van der Waals surface area contributed by atoms with Gasteiger partial charge in [-0.05, 0) is 6.42 Å². The Balaban J connectivity index is 2.28. The number of nitrogens with two attached hydrogens (primary N) is 1. The molecule has 0 saturated carbocycles. The Morgan fingerprint density at radius 1 is 1.59 bits per heavy atom. The van der Waals surface area contributed by atoms with Crippen LogP contribution in [0.2, 0.25) is 0 Å². The summed E-state index contributed by atoms with van der Waals surface area (Å²) in [6.07, 6.45) is 6.79. The Hall–Kier alpha value is -1.56. The van der Waals surface area contributed by atoms with Gasteiger partial charge in [-0.25, -0.2) is 10.8 Å². The molecule has 0 bridgehead atoms. The van der Waals surface area contributed by atoms with Crippen molar-refractivity contribution in [1.82, 2.24) is 20.3 Å². The normalized spacial score (nSPS) is 11.6. The van der Waals surface area contributed by atoms with Crippen LogP contribution in [-0.2, 0) is 13.5 Å². The number of unbranched alkanes of at least 4 members (excludes halogenated alkanes) is 1. The molecule has 0 aliphatic carbocycles. The third-order valence-electron chi connectivity index (χ3n) is 2.48. The zero-order valence-corrected chi connectivity index (χ0v) is 10.6. The van der Waals surface area contributed by atoms with E-state index >= 15 is 0 Å². The summed E-state index contributed by atoms with van der Waals surface area (Å²) in [6.45, 7) is 3.70. The number of hydrogen-bond acceptors (Lipinski definition) is 3. The highest BCUT2D eigenvalue weighted by molar-refractivity contribution is 5.79. The van der Waals surface area contributed by atoms with Crippen molar-refractivity contribution in [3.63, 3.8) is 0 Å². The first-order valence-corrected chi connectivity index (χ1v) is 5.99. The SMILES string of the molecule is CCCCN=C(NN)NCCc1nccn1C.